The maximum absolute atomic E-state index is 12.2. The lowest BCUT2D eigenvalue weighted by atomic mass is 9.74. The van der Waals surface area contributed by atoms with Gasteiger partial charge in [0.2, 0.25) is 0 Å². The van der Waals surface area contributed by atoms with Gasteiger partial charge in [0.05, 0.1) is 0 Å². The van der Waals surface area contributed by atoms with Crippen LogP contribution in [0.2, 0.25) is 0 Å². The lowest BCUT2D eigenvalue weighted by Crippen LogP contribution is -2.53. The summed E-state index contributed by atoms with van der Waals surface area (Å²) in [7, 11) is 0. The molecule has 0 atom stereocenters. The maximum atomic E-state index is 12.2. The lowest BCUT2D eigenvalue weighted by Gasteiger charge is -2.41. The molecule has 0 radical (unpaired) electrons. The van der Waals surface area contributed by atoms with Crippen LogP contribution in [0.4, 0.5) is 0 Å². The number of rotatable bonds is 5. The lowest BCUT2D eigenvalue weighted by molar-refractivity contribution is -0.256. The minimum atomic E-state index is -2.11. The van der Waals surface area contributed by atoms with E-state index in [1.807, 2.05) is 27.7 Å². The standard InChI is InChI=1S/C15H30O4/c1-9-13(5,6)19-11(16)14(7,8)15(17,18)10-12(2,3)4/h17-18H,9-10H2,1-8H3. The Kier molecular flexibility index (Phi) is 5.23. The van der Waals surface area contributed by atoms with E-state index >= 15 is 0 Å². The molecule has 19 heavy (non-hydrogen) atoms. The smallest absolute Gasteiger partial charge is 0.317 e. The number of ether oxygens (including phenoxy) is 1. The van der Waals surface area contributed by atoms with Gasteiger partial charge in [0.15, 0.2) is 5.79 Å². The highest BCUT2D eigenvalue weighted by molar-refractivity contribution is 5.77. The largest absolute Gasteiger partial charge is 0.459 e. The predicted octanol–water partition coefficient (Wildman–Crippen LogP) is 2.86. The van der Waals surface area contributed by atoms with E-state index in [1.165, 1.54) is 13.8 Å². The topological polar surface area (TPSA) is 66.8 Å². The van der Waals surface area contributed by atoms with Crippen LogP contribution >= 0.6 is 0 Å². The van der Waals surface area contributed by atoms with Crippen LogP contribution < -0.4 is 0 Å². The van der Waals surface area contributed by atoms with Gasteiger partial charge in [-0.3, -0.25) is 4.79 Å². The van der Waals surface area contributed by atoms with Crippen LogP contribution in [0.15, 0.2) is 0 Å². The van der Waals surface area contributed by atoms with E-state index in [0.29, 0.717) is 6.42 Å². The quantitative estimate of drug-likeness (QED) is 0.597. The van der Waals surface area contributed by atoms with Crippen molar-refractivity contribution >= 4 is 5.97 Å². The average Bonchev–Trinajstić information content (AvgIpc) is 2.12. The Morgan fingerprint density at radius 3 is 1.74 bits per heavy atom. The summed E-state index contributed by atoms with van der Waals surface area (Å²) in [5.41, 5.74) is -2.29. The summed E-state index contributed by atoms with van der Waals surface area (Å²) >= 11 is 0. The van der Waals surface area contributed by atoms with Crippen LogP contribution in [-0.4, -0.2) is 27.6 Å². The molecule has 4 nitrogen and oxygen atoms in total. The van der Waals surface area contributed by atoms with Crippen molar-refractivity contribution in [2.24, 2.45) is 10.8 Å². The van der Waals surface area contributed by atoms with Crippen molar-refractivity contribution in [2.45, 2.75) is 79.6 Å². The first-order valence-corrected chi connectivity index (χ1v) is 6.83. The van der Waals surface area contributed by atoms with E-state index < -0.39 is 22.8 Å². The van der Waals surface area contributed by atoms with Gasteiger partial charge < -0.3 is 14.9 Å². The molecule has 0 rings (SSSR count). The minimum Gasteiger partial charge on any atom is -0.459 e. The van der Waals surface area contributed by atoms with Crippen LogP contribution in [0.1, 0.15) is 68.2 Å². The molecule has 0 aromatic rings. The molecular weight excluding hydrogens is 244 g/mol. The third kappa shape index (κ3) is 5.11. The fourth-order valence-corrected chi connectivity index (χ4v) is 1.57. The Balaban J connectivity index is 5.09. The third-order valence-corrected chi connectivity index (χ3v) is 3.51. The van der Waals surface area contributed by atoms with Crippen LogP contribution in [-0.2, 0) is 9.53 Å². The van der Waals surface area contributed by atoms with Crippen molar-refractivity contribution in [3.05, 3.63) is 0 Å². The van der Waals surface area contributed by atoms with E-state index in [9.17, 15) is 15.0 Å². The normalized spacial score (nSPS) is 14.4. The Bertz CT molecular complexity index is 322. The highest BCUT2D eigenvalue weighted by atomic mass is 16.6. The Labute approximate surface area is 117 Å². The molecule has 0 heterocycles. The number of aliphatic hydroxyl groups is 2. The van der Waals surface area contributed by atoms with Crippen LogP contribution in [0.5, 0.6) is 0 Å². The zero-order valence-corrected chi connectivity index (χ0v) is 13.6. The number of esters is 1. The molecule has 0 aromatic heterocycles. The third-order valence-electron chi connectivity index (χ3n) is 3.51. The second-order valence-electron chi connectivity index (χ2n) is 7.68. The predicted molar refractivity (Wildman–Crippen MR) is 75.5 cm³/mol. The van der Waals surface area contributed by atoms with E-state index in [4.69, 9.17) is 4.74 Å². The summed E-state index contributed by atoms with van der Waals surface area (Å²) in [5.74, 6) is -2.69. The minimum absolute atomic E-state index is 0.0919. The van der Waals surface area contributed by atoms with Gasteiger partial charge in [0, 0.05) is 6.42 Å². The second-order valence-corrected chi connectivity index (χ2v) is 7.68. The Hall–Kier alpha value is -0.610. The molecule has 0 spiro atoms. The molecule has 0 saturated heterocycles. The molecular formula is C15H30O4. The highest BCUT2D eigenvalue weighted by Crippen LogP contribution is 2.39. The zero-order valence-electron chi connectivity index (χ0n) is 13.6. The molecule has 2 N–H and O–H groups in total. The summed E-state index contributed by atoms with van der Waals surface area (Å²) in [6.07, 6.45) is 0.757. The Morgan fingerprint density at radius 2 is 1.42 bits per heavy atom. The fourth-order valence-electron chi connectivity index (χ4n) is 1.57. The summed E-state index contributed by atoms with van der Waals surface area (Å²) in [6.45, 7) is 14.2. The van der Waals surface area contributed by atoms with Crippen LogP contribution in [0.3, 0.4) is 0 Å². The molecule has 4 heteroatoms. The summed E-state index contributed by atoms with van der Waals surface area (Å²) in [5, 5.41) is 20.5. The van der Waals surface area contributed by atoms with E-state index in [-0.39, 0.29) is 11.8 Å². The molecule has 0 aliphatic heterocycles. The monoisotopic (exact) mass is 274 g/mol. The number of carbonyl (C=O) groups excluding carboxylic acids is 1. The van der Waals surface area contributed by atoms with Crippen molar-refractivity contribution in [1.29, 1.82) is 0 Å². The first-order chi connectivity index (χ1) is 8.15. The van der Waals surface area contributed by atoms with Crippen LogP contribution in [0.25, 0.3) is 0 Å². The number of hydrogen-bond acceptors (Lipinski definition) is 4. The van der Waals surface area contributed by atoms with Gasteiger partial charge in [0.25, 0.3) is 0 Å². The molecule has 0 saturated carbocycles. The molecule has 0 amide bonds. The van der Waals surface area contributed by atoms with Gasteiger partial charge >= 0.3 is 5.97 Å². The number of hydrogen-bond donors (Lipinski definition) is 2. The first-order valence-electron chi connectivity index (χ1n) is 6.83. The molecule has 0 bridgehead atoms. The second kappa shape index (κ2) is 5.41. The van der Waals surface area contributed by atoms with Crippen molar-refractivity contribution in [3.8, 4) is 0 Å². The Morgan fingerprint density at radius 1 is 1.00 bits per heavy atom. The molecule has 0 unspecified atom stereocenters. The van der Waals surface area contributed by atoms with E-state index in [2.05, 4.69) is 0 Å². The van der Waals surface area contributed by atoms with Gasteiger partial charge in [-0.05, 0) is 39.5 Å². The van der Waals surface area contributed by atoms with Crippen molar-refractivity contribution in [3.63, 3.8) is 0 Å². The molecule has 0 aliphatic carbocycles. The average molecular weight is 274 g/mol. The van der Waals surface area contributed by atoms with Crippen molar-refractivity contribution in [2.75, 3.05) is 0 Å². The highest BCUT2D eigenvalue weighted by Gasteiger charge is 2.51. The van der Waals surface area contributed by atoms with Crippen LogP contribution in [0, 0.1) is 10.8 Å². The van der Waals surface area contributed by atoms with Crippen molar-refractivity contribution in [1.82, 2.24) is 0 Å². The van der Waals surface area contributed by atoms with Gasteiger partial charge in [-0.2, -0.15) is 0 Å². The SMILES string of the molecule is CCC(C)(C)OC(=O)C(C)(C)C(O)(O)CC(C)(C)C. The van der Waals surface area contributed by atoms with E-state index in [1.54, 1.807) is 13.8 Å². The summed E-state index contributed by atoms with van der Waals surface area (Å²) in [6, 6.07) is 0. The number of carbonyl (C=O) groups is 1. The van der Waals surface area contributed by atoms with Crippen molar-refractivity contribution < 1.29 is 19.7 Å². The van der Waals surface area contributed by atoms with Gasteiger partial charge in [-0.1, -0.05) is 27.7 Å². The van der Waals surface area contributed by atoms with Gasteiger partial charge in [-0.25, -0.2) is 0 Å². The fraction of sp³-hybridized carbons (Fsp3) is 0.933. The summed E-state index contributed by atoms with van der Waals surface area (Å²) < 4.78 is 5.39. The summed E-state index contributed by atoms with van der Waals surface area (Å²) in [4.78, 5) is 12.2. The molecule has 0 fully saturated rings. The molecule has 0 aromatic carbocycles. The maximum Gasteiger partial charge on any atom is 0.317 e. The van der Waals surface area contributed by atoms with Gasteiger partial charge in [0.1, 0.15) is 11.0 Å². The van der Waals surface area contributed by atoms with E-state index in [0.717, 1.165) is 0 Å². The molecule has 0 aliphatic rings. The first kappa shape index (κ1) is 18.4. The molecule has 114 valence electrons. The zero-order chi connectivity index (χ0) is 15.7. The van der Waals surface area contributed by atoms with Gasteiger partial charge in [-0.15, -0.1) is 0 Å².